The summed E-state index contributed by atoms with van der Waals surface area (Å²) in [5.41, 5.74) is 0. The molecule has 2 heteroatoms. The summed E-state index contributed by atoms with van der Waals surface area (Å²) >= 11 is 0. The quantitative estimate of drug-likeness (QED) is 0.681. The third kappa shape index (κ3) is 2.46. The van der Waals surface area contributed by atoms with Gasteiger partial charge in [-0.3, -0.25) is 0 Å². The Morgan fingerprint density at radius 1 is 1.33 bits per heavy atom. The van der Waals surface area contributed by atoms with Gasteiger partial charge in [-0.15, -0.1) is 0 Å². The second-order valence-electron chi connectivity index (χ2n) is 2.38. The van der Waals surface area contributed by atoms with Crippen molar-refractivity contribution in [3.63, 3.8) is 0 Å². The molecule has 0 N–H and O–H groups in total. The van der Waals surface area contributed by atoms with Crippen molar-refractivity contribution in [1.82, 2.24) is 0 Å². The van der Waals surface area contributed by atoms with Gasteiger partial charge in [-0.25, -0.2) is 0 Å². The summed E-state index contributed by atoms with van der Waals surface area (Å²) in [6.07, 6.45) is 0.775. The van der Waals surface area contributed by atoms with Gasteiger partial charge in [0.25, 0.3) is 0 Å². The van der Waals surface area contributed by atoms with Crippen LogP contribution in [0.4, 0.5) is 0 Å². The van der Waals surface area contributed by atoms with Gasteiger partial charge in [-0.2, -0.15) is 0 Å². The maximum absolute atomic E-state index is 5.36. The van der Waals surface area contributed by atoms with E-state index in [1.54, 1.807) is 7.11 Å². The smallest absolute Gasteiger partial charge is 0.122 e. The number of methoxy groups -OCH3 is 1. The monoisotopic (exact) mass is 165 g/mol. The highest BCUT2D eigenvalue weighted by molar-refractivity contribution is 5.32. The molecule has 0 aliphatic heterocycles. The van der Waals surface area contributed by atoms with Crippen LogP contribution in [0.25, 0.3) is 0 Å². The first-order valence-corrected chi connectivity index (χ1v) is 3.93. The average Bonchev–Trinajstić information content (AvgIpc) is 2.15. The summed E-state index contributed by atoms with van der Waals surface area (Å²) in [6, 6.07) is 7.54. The molecule has 0 aromatic heterocycles. The summed E-state index contributed by atoms with van der Waals surface area (Å²) in [7, 11) is 1.64. The van der Waals surface area contributed by atoms with Crippen molar-refractivity contribution in [2.75, 3.05) is 13.7 Å². The second-order valence-corrected chi connectivity index (χ2v) is 2.38. The van der Waals surface area contributed by atoms with E-state index >= 15 is 0 Å². The van der Waals surface area contributed by atoms with Crippen LogP contribution >= 0.6 is 0 Å². The molecule has 0 unspecified atom stereocenters. The summed E-state index contributed by atoms with van der Waals surface area (Å²) in [4.78, 5) is 0. The molecule has 0 heterocycles. The van der Waals surface area contributed by atoms with E-state index in [0.29, 0.717) is 6.61 Å². The first-order chi connectivity index (χ1) is 5.86. The Hall–Kier alpha value is -1.18. The van der Waals surface area contributed by atoms with Crippen LogP contribution in [-0.4, -0.2) is 13.7 Å². The van der Waals surface area contributed by atoms with Crippen LogP contribution in [0.1, 0.15) is 6.42 Å². The van der Waals surface area contributed by atoms with Crippen molar-refractivity contribution in [1.29, 1.82) is 0 Å². The minimum Gasteiger partial charge on any atom is -0.497 e. The van der Waals surface area contributed by atoms with Gasteiger partial charge < -0.3 is 9.47 Å². The van der Waals surface area contributed by atoms with E-state index in [4.69, 9.17) is 9.47 Å². The van der Waals surface area contributed by atoms with Crippen molar-refractivity contribution in [2.45, 2.75) is 6.42 Å². The van der Waals surface area contributed by atoms with Gasteiger partial charge in [0.1, 0.15) is 11.5 Å². The molecule has 0 aliphatic rings. The number of hydrogen-bond acceptors (Lipinski definition) is 2. The highest BCUT2D eigenvalue weighted by Gasteiger charge is 1.94. The number of hydrogen-bond donors (Lipinski definition) is 0. The third-order valence-electron chi connectivity index (χ3n) is 1.45. The summed E-state index contributed by atoms with van der Waals surface area (Å²) in [5, 5.41) is 0. The van der Waals surface area contributed by atoms with E-state index in [2.05, 4.69) is 6.92 Å². The van der Waals surface area contributed by atoms with Gasteiger partial charge in [0.05, 0.1) is 13.7 Å². The Bertz CT molecular complexity index is 233. The van der Waals surface area contributed by atoms with Gasteiger partial charge in [0.15, 0.2) is 0 Å². The molecule has 1 aromatic carbocycles. The van der Waals surface area contributed by atoms with Gasteiger partial charge in [-0.1, -0.05) is 6.07 Å². The van der Waals surface area contributed by atoms with Gasteiger partial charge in [-0.05, 0) is 25.5 Å². The largest absolute Gasteiger partial charge is 0.497 e. The lowest BCUT2D eigenvalue weighted by Crippen LogP contribution is -1.94. The maximum Gasteiger partial charge on any atom is 0.122 e. The lowest BCUT2D eigenvalue weighted by atomic mass is 10.3. The maximum atomic E-state index is 5.36. The zero-order valence-corrected chi connectivity index (χ0v) is 7.25. The third-order valence-corrected chi connectivity index (χ3v) is 1.45. The molecule has 0 saturated heterocycles. The molecule has 12 heavy (non-hydrogen) atoms. The first kappa shape index (κ1) is 8.91. The summed E-state index contributed by atoms with van der Waals surface area (Å²) in [6.45, 7) is 4.33. The van der Waals surface area contributed by atoms with Crippen LogP contribution in [0.15, 0.2) is 24.3 Å². The van der Waals surface area contributed by atoms with E-state index in [-0.39, 0.29) is 0 Å². The molecule has 2 nitrogen and oxygen atoms in total. The predicted molar refractivity (Wildman–Crippen MR) is 48.5 cm³/mol. The van der Waals surface area contributed by atoms with Crippen molar-refractivity contribution < 1.29 is 9.47 Å². The average molecular weight is 165 g/mol. The van der Waals surface area contributed by atoms with Crippen LogP contribution in [-0.2, 0) is 0 Å². The standard InChI is InChI=1S/C10H13O2/c1-3-7-12-10-6-4-5-9(8-10)11-2/h4-6,8H,1,3,7H2,2H3. The molecule has 0 spiro atoms. The summed E-state index contributed by atoms with van der Waals surface area (Å²) in [5.74, 6) is 1.65. The molecular formula is C10H13O2. The van der Waals surface area contributed by atoms with Crippen LogP contribution in [0.3, 0.4) is 0 Å². The number of ether oxygens (including phenoxy) is 2. The van der Waals surface area contributed by atoms with Crippen molar-refractivity contribution in [3.05, 3.63) is 31.2 Å². The van der Waals surface area contributed by atoms with E-state index in [1.165, 1.54) is 0 Å². The van der Waals surface area contributed by atoms with E-state index in [1.807, 2.05) is 24.3 Å². The molecule has 1 rings (SSSR count). The number of rotatable bonds is 4. The number of benzene rings is 1. The first-order valence-electron chi connectivity index (χ1n) is 3.93. The fourth-order valence-corrected chi connectivity index (χ4v) is 0.881. The van der Waals surface area contributed by atoms with Crippen molar-refractivity contribution in [3.8, 4) is 11.5 Å². The molecule has 0 fully saturated rings. The molecule has 0 amide bonds. The van der Waals surface area contributed by atoms with Gasteiger partial charge >= 0.3 is 0 Å². The molecule has 1 radical (unpaired) electrons. The Kier molecular flexibility index (Phi) is 3.45. The lowest BCUT2D eigenvalue weighted by molar-refractivity contribution is 0.321. The van der Waals surface area contributed by atoms with Crippen LogP contribution < -0.4 is 9.47 Å². The fraction of sp³-hybridized carbons (Fsp3) is 0.300. The Morgan fingerprint density at radius 3 is 2.75 bits per heavy atom. The zero-order chi connectivity index (χ0) is 8.81. The highest BCUT2D eigenvalue weighted by atomic mass is 16.5. The predicted octanol–water partition coefficient (Wildman–Crippen LogP) is 2.30. The molecule has 1 aromatic rings. The van der Waals surface area contributed by atoms with Crippen LogP contribution in [0.2, 0.25) is 0 Å². The normalized spacial score (nSPS) is 9.50. The lowest BCUT2D eigenvalue weighted by Gasteiger charge is -2.05. The van der Waals surface area contributed by atoms with Gasteiger partial charge in [0, 0.05) is 6.07 Å². The molecule has 0 atom stereocenters. The van der Waals surface area contributed by atoms with E-state index < -0.39 is 0 Å². The second kappa shape index (κ2) is 4.65. The highest BCUT2D eigenvalue weighted by Crippen LogP contribution is 2.18. The minimum absolute atomic E-state index is 0.646. The van der Waals surface area contributed by atoms with Crippen LogP contribution in [0, 0.1) is 6.92 Å². The SMILES string of the molecule is [CH2]CCOc1cccc(OC)c1. The molecule has 0 aliphatic carbocycles. The van der Waals surface area contributed by atoms with Crippen molar-refractivity contribution in [2.24, 2.45) is 0 Å². The van der Waals surface area contributed by atoms with Crippen LogP contribution in [0.5, 0.6) is 11.5 Å². The molecule has 0 saturated carbocycles. The van der Waals surface area contributed by atoms with Crippen molar-refractivity contribution >= 4 is 0 Å². The molecular weight excluding hydrogens is 152 g/mol. The Morgan fingerprint density at radius 2 is 2.08 bits per heavy atom. The van der Waals surface area contributed by atoms with Gasteiger partial charge in [0.2, 0.25) is 0 Å². The molecule has 0 bridgehead atoms. The Labute approximate surface area is 73.1 Å². The summed E-state index contributed by atoms with van der Waals surface area (Å²) < 4.78 is 10.4. The zero-order valence-electron chi connectivity index (χ0n) is 7.25. The molecule has 65 valence electrons. The minimum atomic E-state index is 0.646. The van der Waals surface area contributed by atoms with E-state index in [0.717, 1.165) is 17.9 Å². The Balaban J connectivity index is 2.60. The topological polar surface area (TPSA) is 18.5 Å². The van der Waals surface area contributed by atoms with E-state index in [9.17, 15) is 0 Å². The fourth-order valence-electron chi connectivity index (χ4n) is 0.881.